The molecule has 2 rings (SSSR count). The van der Waals surface area contributed by atoms with Gasteiger partial charge in [0.1, 0.15) is 0 Å². The molecule has 1 atom stereocenters. The van der Waals surface area contributed by atoms with Crippen molar-refractivity contribution in [3.8, 4) is 0 Å². The fourth-order valence-electron chi connectivity index (χ4n) is 1.91. The maximum absolute atomic E-state index is 5.58. The van der Waals surface area contributed by atoms with Gasteiger partial charge in [-0.3, -0.25) is 0 Å². The van der Waals surface area contributed by atoms with E-state index in [1.807, 2.05) is 0 Å². The van der Waals surface area contributed by atoms with Crippen LogP contribution in [-0.2, 0) is 4.74 Å². The molecule has 2 fully saturated rings. The highest BCUT2D eigenvalue weighted by Gasteiger charge is 2.62. The maximum atomic E-state index is 5.58. The van der Waals surface area contributed by atoms with Gasteiger partial charge in [0, 0.05) is 0 Å². The lowest BCUT2D eigenvalue weighted by molar-refractivity contribution is 0.132. The Bertz CT molecular complexity index is 147. The molecule has 0 spiro atoms. The summed E-state index contributed by atoms with van der Waals surface area (Å²) in [5.41, 5.74) is 0.668. The topological polar surface area (TPSA) is 12.5 Å². The van der Waals surface area contributed by atoms with Crippen LogP contribution in [0, 0.1) is 11.3 Å². The summed E-state index contributed by atoms with van der Waals surface area (Å²) >= 11 is 0. The van der Waals surface area contributed by atoms with E-state index < -0.39 is 0 Å². The fourth-order valence-corrected chi connectivity index (χ4v) is 1.91. The van der Waals surface area contributed by atoms with Gasteiger partial charge in [-0.05, 0) is 24.2 Å². The number of ether oxygens (including phenoxy) is 1. The molecule has 2 aliphatic rings. The lowest BCUT2D eigenvalue weighted by Gasteiger charge is -2.27. The summed E-state index contributed by atoms with van der Waals surface area (Å²) in [4.78, 5) is 0. The molecule has 1 heteroatoms. The van der Waals surface area contributed by atoms with Crippen LogP contribution in [0.25, 0.3) is 0 Å². The molecule has 0 aromatic rings. The number of rotatable bonds is 1. The monoisotopic (exact) mass is 140 g/mol. The molecule has 0 aromatic carbocycles. The predicted octanol–water partition coefficient (Wildman–Crippen LogP) is 2.21. The van der Waals surface area contributed by atoms with Crippen LogP contribution in [0.4, 0.5) is 0 Å². The van der Waals surface area contributed by atoms with Crippen LogP contribution < -0.4 is 0 Å². The standard InChI is InChI=1S/C9H16O/c1-8(2,3)9(6-10-9)7-4-5-7/h7H,4-6H2,1-3H3. The van der Waals surface area contributed by atoms with Crippen molar-refractivity contribution in [2.45, 2.75) is 39.2 Å². The van der Waals surface area contributed by atoms with E-state index in [2.05, 4.69) is 20.8 Å². The van der Waals surface area contributed by atoms with Crippen molar-refractivity contribution in [1.82, 2.24) is 0 Å². The van der Waals surface area contributed by atoms with Crippen molar-refractivity contribution < 1.29 is 4.74 Å². The van der Waals surface area contributed by atoms with Crippen LogP contribution in [0.15, 0.2) is 0 Å². The van der Waals surface area contributed by atoms with Gasteiger partial charge in [0.05, 0.1) is 12.2 Å². The van der Waals surface area contributed by atoms with Crippen molar-refractivity contribution in [3.63, 3.8) is 0 Å². The zero-order valence-corrected chi connectivity index (χ0v) is 7.11. The second kappa shape index (κ2) is 1.58. The van der Waals surface area contributed by atoms with E-state index in [-0.39, 0.29) is 0 Å². The molecule has 1 aliphatic heterocycles. The van der Waals surface area contributed by atoms with Gasteiger partial charge in [0.25, 0.3) is 0 Å². The molecule has 1 aliphatic carbocycles. The highest BCUT2D eigenvalue weighted by atomic mass is 16.6. The molecule has 0 radical (unpaired) electrons. The molecule has 58 valence electrons. The second-order valence-corrected chi connectivity index (χ2v) is 4.70. The minimum Gasteiger partial charge on any atom is -0.369 e. The molecule has 0 N–H and O–H groups in total. The molecular weight excluding hydrogens is 124 g/mol. The Morgan fingerprint density at radius 2 is 1.80 bits per heavy atom. The summed E-state index contributed by atoms with van der Waals surface area (Å²) in [6.07, 6.45) is 2.80. The first-order valence-electron chi connectivity index (χ1n) is 4.20. The molecule has 1 nitrogen and oxygen atoms in total. The summed E-state index contributed by atoms with van der Waals surface area (Å²) in [7, 11) is 0. The molecule has 1 saturated carbocycles. The van der Waals surface area contributed by atoms with Gasteiger partial charge in [0.15, 0.2) is 0 Å². The summed E-state index contributed by atoms with van der Waals surface area (Å²) in [6, 6.07) is 0. The average Bonchev–Trinajstić information content (AvgIpc) is 2.56. The van der Waals surface area contributed by atoms with Gasteiger partial charge in [-0.1, -0.05) is 20.8 Å². The second-order valence-electron chi connectivity index (χ2n) is 4.70. The third kappa shape index (κ3) is 0.731. The van der Waals surface area contributed by atoms with Gasteiger partial charge < -0.3 is 4.74 Å². The maximum Gasteiger partial charge on any atom is 0.0992 e. The minimum absolute atomic E-state index is 0.299. The Morgan fingerprint density at radius 1 is 1.30 bits per heavy atom. The first-order chi connectivity index (χ1) is 4.56. The Balaban J connectivity index is 2.13. The van der Waals surface area contributed by atoms with E-state index in [0.29, 0.717) is 11.0 Å². The summed E-state index contributed by atoms with van der Waals surface area (Å²) in [5.74, 6) is 0.896. The molecule has 0 amide bonds. The van der Waals surface area contributed by atoms with E-state index in [9.17, 15) is 0 Å². The Morgan fingerprint density at radius 3 is 1.90 bits per heavy atom. The highest BCUT2D eigenvalue weighted by Crippen LogP contribution is 2.58. The van der Waals surface area contributed by atoms with Crippen molar-refractivity contribution in [1.29, 1.82) is 0 Å². The number of hydrogen-bond acceptors (Lipinski definition) is 1. The quantitative estimate of drug-likeness (QED) is 0.509. The van der Waals surface area contributed by atoms with Gasteiger partial charge in [0.2, 0.25) is 0 Å². The van der Waals surface area contributed by atoms with Crippen LogP contribution in [0.3, 0.4) is 0 Å². The SMILES string of the molecule is CC(C)(C)C1(C2CC2)CO1. The zero-order valence-electron chi connectivity index (χ0n) is 7.11. The summed E-state index contributed by atoms with van der Waals surface area (Å²) in [6.45, 7) is 7.89. The van der Waals surface area contributed by atoms with E-state index >= 15 is 0 Å². The average molecular weight is 140 g/mol. The third-order valence-electron chi connectivity index (χ3n) is 2.96. The van der Waals surface area contributed by atoms with Crippen LogP contribution in [0.2, 0.25) is 0 Å². The normalized spacial score (nSPS) is 39.9. The molecule has 1 unspecified atom stereocenters. The van der Waals surface area contributed by atoms with Gasteiger partial charge in [-0.2, -0.15) is 0 Å². The summed E-state index contributed by atoms with van der Waals surface area (Å²) in [5, 5.41) is 0. The number of epoxide rings is 1. The van der Waals surface area contributed by atoms with Gasteiger partial charge in [-0.25, -0.2) is 0 Å². The third-order valence-corrected chi connectivity index (χ3v) is 2.96. The first kappa shape index (κ1) is 6.66. The van der Waals surface area contributed by atoms with Crippen molar-refractivity contribution >= 4 is 0 Å². The first-order valence-corrected chi connectivity index (χ1v) is 4.20. The Hall–Kier alpha value is -0.0400. The van der Waals surface area contributed by atoms with E-state index in [1.54, 1.807) is 0 Å². The lowest BCUT2D eigenvalue weighted by atomic mass is 9.78. The van der Waals surface area contributed by atoms with E-state index in [4.69, 9.17) is 4.74 Å². The van der Waals surface area contributed by atoms with Crippen molar-refractivity contribution in [2.75, 3.05) is 6.61 Å². The zero-order chi connectivity index (χ0) is 7.41. The molecule has 10 heavy (non-hydrogen) atoms. The van der Waals surface area contributed by atoms with Crippen molar-refractivity contribution in [3.05, 3.63) is 0 Å². The van der Waals surface area contributed by atoms with Crippen LogP contribution >= 0.6 is 0 Å². The molecule has 0 bridgehead atoms. The Labute approximate surface area is 62.8 Å². The predicted molar refractivity (Wildman–Crippen MR) is 40.9 cm³/mol. The van der Waals surface area contributed by atoms with Gasteiger partial charge in [-0.15, -0.1) is 0 Å². The Kier molecular flexibility index (Phi) is 1.05. The van der Waals surface area contributed by atoms with Crippen molar-refractivity contribution in [2.24, 2.45) is 11.3 Å². The van der Waals surface area contributed by atoms with E-state index in [0.717, 1.165) is 12.5 Å². The van der Waals surface area contributed by atoms with E-state index in [1.165, 1.54) is 12.8 Å². The number of hydrogen-bond donors (Lipinski definition) is 0. The fraction of sp³-hybridized carbons (Fsp3) is 1.00. The van der Waals surface area contributed by atoms with Crippen LogP contribution in [-0.4, -0.2) is 12.2 Å². The van der Waals surface area contributed by atoms with Gasteiger partial charge >= 0.3 is 0 Å². The summed E-state index contributed by atoms with van der Waals surface area (Å²) < 4.78 is 5.58. The minimum atomic E-state index is 0.299. The smallest absolute Gasteiger partial charge is 0.0992 e. The molecule has 0 aromatic heterocycles. The highest BCUT2D eigenvalue weighted by molar-refractivity contribution is 5.10. The molecular formula is C9H16O. The molecule has 1 heterocycles. The molecule has 1 saturated heterocycles. The van der Waals surface area contributed by atoms with Crippen LogP contribution in [0.1, 0.15) is 33.6 Å². The van der Waals surface area contributed by atoms with Crippen LogP contribution in [0.5, 0.6) is 0 Å². The largest absolute Gasteiger partial charge is 0.369 e. The lowest BCUT2D eigenvalue weighted by Crippen LogP contribution is -2.32.